The number of carbonyl (C=O) groups excluding carboxylic acids is 2. The quantitative estimate of drug-likeness (QED) is 0.437. The third-order valence-electron chi connectivity index (χ3n) is 2.93. The smallest absolute Gasteiger partial charge is 0.326 e. The van der Waals surface area contributed by atoms with Crippen molar-refractivity contribution < 1.29 is 19.5 Å². The number of primary amides is 1. The molecule has 0 spiro atoms. The van der Waals surface area contributed by atoms with Gasteiger partial charge in [-0.25, -0.2) is 9.59 Å². The zero-order valence-electron chi connectivity index (χ0n) is 10.9. The molecule has 1 saturated carbocycles. The number of nitrogens with two attached hydrogens (primary N) is 1. The molecule has 0 saturated heterocycles. The summed E-state index contributed by atoms with van der Waals surface area (Å²) in [4.78, 5) is 35.0. The molecule has 0 heterocycles. The van der Waals surface area contributed by atoms with Gasteiger partial charge in [0.1, 0.15) is 6.04 Å². The average molecular weight is 272 g/mol. The maximum atomic E-state index is 11.5. The average Bonchev–Trinajstić information content (AvgIpc) is 3.10. The van der Waals surface area contributed by atoms with Crippen molar-refractivity contribution in [3.63, 3.8) is 0 Å². The molecule has 19 heavy (non-hydrogen) atoms. The number of amides is 3. The van der Waals surface area contributed by atoms with E-state index in [4.69, 9.17) is 10.8 Å². The second-order valence-corrected chi connectivity index (χ2v) is 4.67. The molecule has 3 amide bonds. The predicted molar refractivity (Wildman–Crippen MR) is 67.4 cm³/mol. The van der Waals surface area contributed by atoms with Crippen LogP contribution in [-0.4, -0.2) is 60.1 Å². The highest BCUT2D eigenvalue weighted by molar-refractivity contribution is 5.87. The largest absolute Gasteiger partial charge is 0.480 e. The SMILES string of the molecule is CN(CCNC(=O)NC(CC(N)=O)C(=O)O)C1CC1. The van der Waals surface area contributed by atoms with Gasteiger partial charge < -0.3 is 26.4 Å². The molecule has 1 atom stereocenters. The molecule has 8 heteroatoms. The van der Waals surface area contributed by atoms with Crippen LogP contribution >= 0.6 is 0 Å². The van der Waals surface area contributed by atoms with Crippen LogP contribution in [0.1, 0.15) is 19.3 Å². The van der Waals surface area contributed by atoms with Crippen LogP contribution in [0.5, 0.6) is 0 Å². The fourth-order valence-corrected chi connectivity index (χ4v) is 1.65. The molecule has 1 fully saturated rings. The predicted octanol–water partition coefficient (Wildman–Crippen LogP) is -1.29. The van der Waals surface area contributed by atoms with E-state index in [1.54, 1.807) is 0 Å². The molecule has 1 unspecified atom stereocenters. The normalized spacial score (nSPS) is 15.9. The van der Waals surface area contributed by atoms with E-state index in [2.05, 4.69) is 15.5 Å². The Labute approximate surface area is 111 Å². The number of hydrogen-bond acceptors (Lipinski definition) is 4. The van der Waals surface area contributed by atoms with E-state index in [9.17, 15) is 14.4 Å². The number of rotatable bonds is 8. The van der Waals surface area contributed by atoms with Crippen molar-refractivity contribution in [2.24, 2.45) is 5.73 Å². The number of hydrogen-bond donors (Lipinski definition) is 4. The molecule has 0 aliphatic heterocycles. The first-order valence-corrected chi connectivity index (χ1v) is 6.16. The minimum Gasteiger partial charge on any atom is -0.480 e. The highest BCUT2D eigenvalue weighted by atomic mass is 16.4. The molecule has 1 rings (SSSR count). The fourth-order valence-electron chi connectivity index (χ4n) is 1.65. The van der Waals surface area contributed by atoms with Gasteiger partial charge in [0.25, 0.3) is 0 Å². The van der Waals surface area contributed by atoms with Crippen LogP contribution in [0.2, 0.25) is 0 Å². The van der Waals surface area contributed by atoms with Gasteiger partial charge in [-0.05, 0) is 19.9 Å². The molecule has 1 aliphatic rings. The lowest BCUT2D eigenvalue weighted by atomic mass is 10.2. The van der Waals surface area contributed by atoms with Crippen molar-refractivity contribution in [3.8, 4) is 0 Å². The zero-order chi connectivity index (χ0) is 14.4. The monoisotopic (exact) mass is 272 g/mol. The lowest BCUT2D eigenvalue weighted by Crippen LogP contribution is -2.48. The first-order valence-electron chi connectivity index (χ1n) is 6.16. The lowest BCUT2D eigenvalue weighted by molar-refractivity contribution is -0.140. The Bertz CT molecular complexity index is 357. The Morgan fingerprint density at radius 1 is 1.42 bits per heavy atom. The Hall–Kier alpha value is -1.83. The number of carboxylic acid groups (broad SMARTS) is 1. The standard InChI is InChI=1S/C11H20N4O4/c1-15(7-2-3-7)5-4-13-11(19)14-8(10(17)18)6-9(12)16/h7-8H,2-6H2,1H3,(H2,12,16)(H,17,18)(H2,13,14,19). The molecule has 0 bridgehead atoms. The van der Waals surface area contributed by atoms with Crippen molar-refractivity contribution in [3.05, 3.63) is 0 Å². The molecule has 5 N–H and O–H groups in total. The molecule has 1 aliphatic carbocycles. The summed E-state index contributed by atoms with van der Waals surface area (Å²) >= 11 is 0. The number of likely N-dealkylation sites (N-methyl/N-ethyl adjacent to an activating group) is 1. The molecule has 108 valence electrons. The van der Waals surface area contributed by atoms with Crippen LogP contribution in [0, 0.1) is 0 Å². The number of aliphatic carboxylic acids is 1. The summed E-state index contributed by atoms with van der Waals surface area (Å²) in [5, 5.41) is 13.6. The van der Waals surface area contributed by atoms with Crippen molar-refractivity contribution in [2.75, 3.05) is 20.1 Å². The second kappa shape index (κ2) is 6.93. The van der Waals surface area contributed by atoms with Gasteiger partial charge in [0.2, 0.25) is 5.91 Å². The second-order valence-electron chi connectivity index (χ2n) is 4.67. The van der Waals surface area contributed by atoms with Crippen LogP contribution < -0.4 is 16.4 Å². The third kappa shape index (κ3) is 6.05. The van der Waals surface area contributed by atoms with Crippen LogP contribution in [0.15, 0.2) is 0 Å². The highest BCUT2D eigenvalue weighted by Crippen LogP contribution is 2.24. The number of carbonyl (C=O) groups is 3. The molecule has 0 aromatic carbocycles. The number of urea groups is 1. The van der Waals surface area contributed by atoms with Gasteiger partial charge in [-0.15, -0.1) is 0 Å². The van der Waals surface area contributed by atoms with Gasteiger partial charge in [0.05, 0.1) is 6.42 Å². The zero-order valence-corrected chi connectivity index (χ0v) is 10.9. The summed E-state index contributed by atoms with van der Waals surface area (Å²) in [6.45, 7) is 1.12. The third-order valence-corrected chi connectivity index (χ3v) is 2.93. The van der Waals surface area contributed by atoms with Crippen molar-refractivity contribution in [1.29, 1.82) is 0 Å². The molecular formula is C11H20N4O4. The van der Waals surface area contributed by atoms with Gasteiger partial charge in [-0.1, -0.05) is 0 Å². The van der Waals surface area contributed by atoms with Crippen molar-refractivity contribution in [1.82, 2.24) is 15.5 Å². The first-order chi connectivity index (χ1) is 8.90. The number of nitrogens with zero attached hydrogens (tertiary/aromatic N) is 1. The Morgan fingerprint density at radius 3 is 2.53 bits per heavy atom. The molecule has 0 radical (unpaired) electrons. The minimum atomic E-state index is -1.29. The van der Waals surface area contributed by atoms with Gasteiger partial charge in [-0.3, -0.25) is 4.79 Å². The molecular weight excluding hydrogens is 252 g/mol. The van der Waals surface area contributed by atoms with Gasteiger partial charge in [0, 0.05) is 19.1 Å². The van der Waals surface area contributed by atoms with E-state index in [1.165, 1.54) is 12.8 Å². The van der Waals surface area contributed by atoms with E-state index < -0.39 is 30.4 Å². The van der Waals surface area contributed by atoms with Gasteiger partial charge in [-0.2, -0.15) is 0 Å². The van der Waals surface area contributed by atoms with E-state index in [0.29, 0.717) is 19.1 Å². The van der Waals surface area contributed by atoms with Crippen LogP contribution in [0.4, 0.5) is 4.79 Å². The molecule has 8 nitrogen and oxygen atoms in total. The summed E-state index contributed by atoms with van der Waals surface area (Å²) in [6.07, 6.45) is 1.94. The lowest BCUT2D eigenvalue weighted by Gasteiger charge is -2.17. The summed E-state index contributed by atoms with van der Waals surface area (Å²) in [6, 6.07) is -1.30. The summed E-state index contributed by atoms with van der Waals surface area (Å²) in [7, 11) is 1.98. The molecule has 0 aromatic heterocycles. The van der Waals surface area contributed by atoms with Crippen LogP contribution in [-0.2, 0) is 9.59 Å². The van der Waals surface area contributed by atoms with Crippen molar-refractivity contribution >= 4 is 17.9 Å². The van der Waals surface area contributed by atoms with E-state index in [1.807, 2.05) is 7.05 Å². The van der Waals surface area contributed by atoms with Crippen LogP contribution in [0.25, 0.3) is 0 Å². The van der Waals surface area contributed by atoms with Gasteiger partial charge >= 0.3 is 12.0 Å². The fraction of sp³-hybridized carbons (Fsp3) is 0.727. The summed E-state index contributed by atoms with van der Waals surface area (Å²) in [5.74, 6) is -2.06. The highest BCUT2D eigenvalue weighted by Gasteiger charge is 2.26. The van der Waals surface area contributed by atoms with E-state index >= 15 is 0 Å². The minimum absolute atomic E-state index is 0.418. The maximum absolute atomic E-state index is 11.5. The Balaban J connectivity index is 2.23. The topological polar surface area (TPSA) is 125 Å². The first kappa shape index (κ1) is 15.2. The van der Waals surface area contributed by atoms with E-state index in [-0.39, 0.29) is 0 Å². The maximum Gasteiger partial charge on any atom is 0.326 e. The summed E-state index contributed by atoms with van der Waals surface area (Å²) < 4.78 is 0. The summed E-state index contributed by atoms with van der Waals surface area (Å²) in [5.41, 5.74) is 4.91. The number of carboxylic acids is 1. The Kier molecular flexibility index (Phi) is 5.56. The van der Waals surface area contributed by atoms with Gasteiger partial charge in [0.15, 0.2) is 0 Å². The molecule has 0 aromatic rings. The van der Waals surface area contributed by atoms with Crippen LogP contribution in [0.3, 0.4) is 0 Å². The number of nitrogens with one attached hydrogen (secondary N) is 2. The Morgan fingerprint density at radius 2 is 2.05 bits per heavy atom. The van der Waals surface area contributed by atoms with E-state index in [0.717, 1.165) is 0 Å². The van der Waals surface area contributed by atoms with Crippen molar-refractivity contribution in [2.45, 2.75) is 31.3 Å².